The minimum atomic E-state index is -0.173. The molecule has 2 amide bonds. The van der Waals surface area contributed by atoms with E-state index in [9.17, 15) is 9.59 Å². The van der Waals surface area contributed by atoms with Crippen LogP contribution in [0.3, 0.4) is 0 Å². The number of aromatic nitrogens is 1. The molecule has 6 nitrogen and oxygen atoms in total. The number of pyridine rings is 1. The molecule has 1 aromatic heterocycles. The quantitative estimate of drug-likeness (QED) is 0.719. The van der Waals surface area contributed by atoms with Crippen molar-refractivity contribution in [1.29, 1.82) is 0 Å². The smallest absolute Gasteiger partial charge is 0.256 e. The molecule has 4 rings (SSSR count). The highest BCUT2D eigenvalue weighted by molar-refractivity contribution is 6.13. The van der Waals surface area contributed by atoms with Gasteiger partial charge in [-0.25, -0.2) is 0 Å². The fraction of sp³-hybridized carbons (Fsp3) is 0.292. The molecular weight excluding hydrogens is 378 g/mol. The Morgan fingerprint density at radius 2 is 1.77 bits per heavy atom. The highest BCUT2D eigenvalue weighted by Crippen LogP contribution is 2.25. The Morgan fingerprint density at radius 1 is 1.07 bits per heavy atom. The zero-order chi connectivity index (χ0) is 21.1. The third-order valence-corrected chi connectivity index (χ3v) is 5.49. The first-order valence-corrected chi connectivity index (χ1v) is 10.2. The summed E-state index contributed by atoms with van der Waals surface area (Å²) < 4.78 is 5.30. The van der Waals surface area contributed by atoms with Crippen molar-refractivity contribution in [2.24, 2.45) is 0 Å². The topological polar surface area (TPSA) is 71.5 Å². The van der Waals surface area contributed by atoms with E-state index in [0.29, 0.717) is 43.1 Å². The molecule has 0 saturated carbocycles. The molecule has 2 aromatic carbocycles. The highest BCUT2D eigenvalue weighted by atomic mass is 16.5. The monoisotopic (exact) mass is 403 g/mol. The lowest BCUT2D eigenvalue weighted by molar-refractivity contribution is 0.0303. The van der Waals surface area contributed by atoms with Gasteiger partial charge in [0.1, 0.15) is 0 Å². The molecule has 1 saturated heterocycles. The van der Waals surface area contributed by atoms with E-state index in [0.717, 1.165) is 28.6 Å². The number of carbonyl (C=O) groups is 2. The summed E-state index contributed by atoms with van der Waals surface area (Å²) in [5.74, 6) is -0.187. The van der Waals surface area contributed by atoms with Crippen molar-refractivity contribution < 1.29 is 14.3 Å². The first-order valence-electron chi connectivity index (χ1n) is 10.2. The molecule has 1 N–H and O–H groups in total. The van der Waals surface area contributed by atoms with Gasteiger partial charge in [0.25, 0.3) is 11.8 Å². The van der Waals surface area contributed by atoms with Crippen molar-refractivity contribution in [3.05, 3.63) is 70.9 Å². The van der Waals surface area contributed by atoms with Crippen LogP contribution in [0.15, 0.2) is 48.5 Å². The van der Waals surface area contributed by atoms with Crippen LogP contribution in [0.25, 0.3) is 10.9 Å². The van der Waals surface area contributed by atoms with Crippen LogP contribution < -0.4 is 5.32 Å². The van der Waals surface area contributed by atoms with Crippen LogP contribution in [0.5, 0.6) is 0 Å². The van der Waals surface area contributed by atoms with E-state index in [1.807, 2.05) is 38.1 Å². The zero-order valence-corrected chi connectivity index (χ0v) is 17.3. The van der Waals surface area contributed by atoms with Crippen molar-refractivity contribution in [3.8, 4) is 0 Å². The predicted molar refractivity (Wildman–Crippen MR) is 117 cm³/mol. The third kappa shape index (κ3) is 3.91. The van der Waals surface area contributed by atoms with E-state index in [-0.39, 0.29) is 11.8 Å². The fourth-order valence-corrected chi connectivity index (χ4v) is 3.83. The van der Waals surface area contributed by atoms with Crippen molar-refractivity contribution >= 4 is 28.4 Å². The van der Waals surface area contributed by atoms with E-state index >= 15 is 0 Å². The van der Waals surface area contributed by atoms with Gasteiger partial charge in [-0.15, -0.1) is 0 Å². The van der Waals surface area contributed by atoms with Gasteiger partial charge in [-0.3, -0.25) is 14.6 Å². The first kappa shape index (κ1) is 20.0. The van der Waals surface area contributed by atoms with Gasteiger partial charge in [0.2, 0.25) is 0 Å². The second kappa shape index (κ2) is 8.63. The summed E-state index contributed by atoms with van der Waals surface area (Å²) in [7, 11) is 0. The van der Waals surface area contributed by atoms with Gasteiger partial charge in [-0.05, 0) is 49.2 Å². The molecule has 1 aliphatic rings. The van der Waals surface area contributed by atoms with Crippen LogP contribution in [0.4, 0.5) is 5.69 Å². The molecule has 154 valence electrons. The van der Waals surface area contributed by atoms with Crippen LogP contribution in [0.2, 0.25) is 0 Å². The Bertz CT molecular complexity index is 1090. The number of nitrogens with zero attached hydrogens (tertiary/aromatic N) is 2. The number of hydrogen-bond acceptors (Lipinski definition) is 4. The molecule has 2 heterocycles. The summed E-state index contributed by atoms with van der Waals surface area (Å²) in [4.78, 5) is 32.2. The molecule has 1 fully saturated rings. The number of carbonyl (C=O) groups excluding carboxylic acids is 2. The molecule has 0 spiro atoms. The Morgan fingerprint density at radius 3 is 2.47 bits per heavy atom. The maximum Gasteiger partial charge on any atom is 0.256 e. The lowest BCUT2D eigenvalue weighted by Crippen LogP contribution is -2.40. The molecule has 30 heavy (non-hydrogen) atoms. The van der Waals surface area contributed by atoms with E-state index in [2.05, 4.69) is 10.3 Å². The average Bonchev–Trinajstić information content (AvgIpc) is 2.79. The Kier molecular flexibility index (Phi) is 5.77. The van der Waals surface area contributed by atoms with Gasteiger partial charge in [-0.1, -0.05) is 25.1 Å². The molecule has 0 aliphatic carbocycles. The Labute approximate surface area is 175 Å². The van der Waals surface area contributed by atoms with Gasteiger partial charge < -0.3 is 15.0 Å². The number of ether oxygens (including phenoxy) is 1. The lowest BCUT2D eigenvalue weighted by Gasteiger charge is -2.26. The second-order valence-corrected chi connectivity index (χ2v) is 7.37. The van der Waals surface area contributed by atoms with Crippen molar-refractivity contribution in [2.75, 3.05) is 31.6 Å². The average molecular weight is 403 g/mol. The van der Waals surface area contributed by atoms with Crippen LogP contribution in [-0.4, -0.2) is 48.0 Å². The van der Waals surface area contributed by atoms with Crippen molar-refractivity contribution in [1.82, 2.24) is 9.88 Å². The molecule has 1 aliphatic heterocycles. The Balaban J connectivity index is 1.57. The SMILES string of the molecule is CCc1nc2ccccc2c(C(=O)Nc2ccc(C(=O)N3CCOCC3)cc2)c1C. The molecule has 0 radical (unpaired) electrons. The second-order valence-electron chi connectivity index (χ2n) is 7.37. The molecular formula is C24H25N3O3. The molecule has 6 heteroatoms. The van der Waals surface area contributed by atoms with Crippen molar-refractivity contribution in [2.45, 2.75) is 20.3 Å². The molecule has 0 bridgehead atoms. The summed E-state index contributed by atoms with van der Waals surface area (Å²) in [5, 5.41) is 3.81. The van der Waals surface area contributed by atoms with E-state index in [4.69, 9.17) is 4.74 Å². The summed E-state index contributed by atoms with van der Waals surface area (Å²) >= 11 is 0. The maximum atomic E-state index is 13.2. The predicted octanol–water partition coefficient (Wildman–Crippen LogP) is 3.83. The highest BCUT2D eigenvalue weighted by Gasteiger charge is 2.20. The van der Waals surface area contributed by atoms with Gasteiger partial charge in [-0.2, -0.15) is 0 Å². The summed E-state index contributed by atoms with van der Waals surface area (Å²) in [6.07, 6.45) is 0.759. The number of rotatable bonds is 4. The summed E-state index contributed by atoms with van der Waals surface area (Å²) in [5.41, 5.74) is 4.53. The van der Waals surface area contributed by atoms with Crippen LogP contribution in [0, 0.1) is 6.92 Å². The Hall–Kier alpha value is -3.25. The number of hydrogen-bond donors (Lipinski definition) is 1. The molecule has 0 atom stereocenters. The number of anilines is 1. The van der Waals surface area contributed by atoms with Crippen LogP contribution in [-0.2, 0) is 11.2 Å². The van der Waals surface area contributed by atoms with Gasteiger partial charge in [0, 0.05) is 35.4 Å². The number of aryl methyl sites for hydroxylation is 1. The van der Waals surface area contributed by atoms with E-state index in [1.165, 1.54) is 0 Å². The number of amides is 2. The van der Waals surface area contributed by atoms with Gasteiger partial charge in [0.15, 0.2) is 0 Å². The largest absolute Gasteiger partial charge is 0.378 e. The fourth-order valence-electron chi connectivity index (χ4n) is 3.83. The minimum absolute atomic E-state index is 0.0141. The standard InChI is InChI=1S/C24H25N3O3/c1-3-20-16(2)22(19-6-4-5-7-21(19)26-20)23(28)25-18-10-8-17(9-11-18)24(29)27-12-14-30-15-13-27/h4-11H,3,12-15H2,1-2H3,(H,25,28). The maximum absolute atomic E-state index is 13.2. The minimum Gasteiger partial charge on any atom is -0.378 e. The first-order chi connectivity index (χ1) is 14.6. The van der Waals surface area contributed by atoms with Crippen LogP contribution >= 0.6 is 0 Å². The molecule has 3 aromatic rings. The van der Waals surface area contributed by atoms with Crippen molar-refractivity contribution in [3.63, 3.8) is 0 Å². The van der Waals surface area contributed by atoms with E-state index < -0.39 is 0 Å². The van der Waals surface area contributed by atoms with Gasteiger partial charge >= 0.3 is 0 Å². The van der Waals surface area contributed by atoms with Gasteiger partial charge in [0.05, 0.1) is 24.3 Å². The number of fused-ring (bicyclic) bond motifs is 1. The number of para-hydroxylation sites is 1. The third-order valence-electron chi connectivity index (χ3n) is 5.49. The molecule has 0 unspecified atom stereocenters. The number of morpholine rings is 1. The van der Waals surface area contributed by atoms with E-state index in [1.54, 1.807) is 29.2 Å². The number of nitrogens with one attached hydrogen (secondary N) is 1. The summed E-state index contributed by atoms with van der Waals surface area (Å²) in [6, 6.07) is 14.7. The van der Waals surface area contributed by atoms with Crippen LogP contribution in [0.1, 0.15) is 38.9 Å². The number of benzene rings is 2. The lowest BCUT2D eigenvalue weighted by atomic mass is 9.99. The summed E-state index contributed by atoms with van der Waals surface area (Å²) in [6.45, 7) is 6.32. The normalized spacial score (nSPS) is 14.0. The zero-order valence-electron chi connectivity index (χ0n) is 17.3.